The number of amides is 1. The predicted molar refractivity (Wildman–Crippen MR) is 81.1 cm³/mol. The van der Waals surface area contributed by atoms with E-state index in [1.165, 1.54) is 0 Å². The highest BCUT2D eigenvalue weighted by Crippen LogP contribution is 2.33. The highest BCUT2D eigenvalue weighted by Gasteiger charge is 2.31. The molecule has 0 aliphatic carbocycles. The number of halogens is 6. The van der Waals surface area contributed by atoms with Crippen LogP contribution in [0.4, 0.5) is 48.2 Å². The summed E-state index contributed by atoms with van der Waals surface area (Å²) in [4.78, 5) is 10.5. The number of alkyl halides is 3. The standard InChI is InChI=1S/C15H11F6N3O2/c16-8-3-7(15(19,20)21)2-1-6(8)5-23-13-9(17)4-10(24-14(25)26)12(22)11(13)18/h1-4,23-24H,5,22H2,(H,25,26). The lowest BCUT2D eigenvalue weighted by atomic mass is 10.1. The van der Waals surface area contributed by atoms with Crippen LogP contribution in [0.1, 0.15) is 11.1 Å². The number of nitrogens with two attached hydrogens (primary N) is 1. The van der Waals surface area contributed by atoms with Crippen LogP contribution in [0.3, 0.4) is 0 Å². The third-order valence-corrected chi connectivity index (χ3v) is 3.33. The molecule has 0 atom stereocenters. The summed E-state index contributed by atoms with van der Waals surface area (Å²) in [6, 6.07) is 2.32. The van der Waals surface area contributed by atoms with E-state index in [2.05, 4.69) is 5.32 Å². The van der Waals surface area contributed by atoms with Crippen LogP contribution in [0, 0.1) is 17.5 Å². The van der Waals surface area contributed by atoms with Crippen LogP contribution in [0.25, 0.3) is 0 Å². The van der Waals surface area contributed by atoms with E-state index in [9.17, 15) is 31.1 Å². The van der Waals surface area contributed by atoms with E-state index in [0.29, 0.717) is 12.1 Å². The fourth-order valence-electron chi connectivity index (χ4n) is 2.07. The SMILES string of the molecule is Nc1c(NC(=O)O)cc(F)c(NCc2ccc(C(F)(F)F)cc2F)c1F. The largest absolute Gasteiger partial charge is 0.465 e. The van der Waals surface area contributed by atoms with Crippen LogP contribution in [0.2, 0.25) is 0 Å². The second kappa shape index (κ2) is 7.02. The molecule has 0 saturated heterocycles. The van der Waals surface area contributed by atoms with Crippen molar-refractivity contribution in [1.29, 1.82) is 0 Å². The first-order valence-corrected chi connectivity index (χ1v) is 6.87. The molecule has 0 spiro atoms. The Morgan fingerprint density at radius 2 is 1.77 bits per heavy atom. The Kier molecular flexibility index (Phi) is 5.19. The van der Waals surface area contributed by atoms with Crippen LogP contribution in [-0.4, -0.2) is 11.2 Å². The van der Waals surface area contributed by atoms with Gasteiger partial charge in [-0.05, 0) is 12.1 Å². The number of benzene rings is 2. The fraction of sp³-hybridized carbons (Fsp3) is 0.133. The number of nitrogen functional groups attached to an aromatic ring is 1. The van der Waals surface area contributed by atoms with Gasteiger partial charge < -0.3 is 16.2 Å². The van der Waals surface area contributed by atoms with Crippen molar-refractivity contribution in [2.24, 2.45) is 0 Å². The molecule has 0 bridgehead atoms. The van der Waals surface area contributed by atoms with Crippen LogP contribution >= 0.6 is 0 Å². The molecule has 2 aromatic carbocycles. The molecule has 11 heteroatoms. The number of rotatable bonds is 4. The normalized spacial score (nSPS) is 11.3. The second-order valence-electron chi connectivity index (χ2n) is 5.10. The van der Waals surface area contributed by atoms with E-state index in [1.807, 2.05) is 0 Å². The molecule has 1 amide bonds. The van der Waals surface area contributed by atoms with Crippen molar-refractivity contribution in [3.63, 3.8) is 0 Å². The van der Waals surface area contributed by atoms with Gasteiger partial charge in [-0.1, -0.05) is 6.07 Å². The fourth-order valence-corrected chi connectivity index (χ4v) is 2.07. The van der Waals surface area contributed by atoms with E-state index in [0.717, 1.165) is 6.07 Å². The van der Waals surface area contributed by atoms with E-state index >= 15 is 0 Å². The zero-order valence-electron chi connectivity index (χ0n) is 12.7. The first-order chi connectivity index (χ1) is 12.0. The van der Waals surface area contributed by atoms with Crippen molar-refractivity contribution in [3.8, 4) is 0 Å². The summed E-state index contributed by atoms with van der Waals surface area (Å²) in [6.45, 7) is -0.539. The van der Waals surface area contributed by atoms with Gasteiger partial charge in [0.05, 0.1) is 16.9 Å². The van der Waals surface area contributed by atoms with Crippen molar-refractivity contribution in [2.45, 2.75) is 12.7 Å². The van der Waals surface area contributed by atoms with Gasteiger partial charge in [0.2, 0.25) is 0 Å². The number of carbonyl (C=O) groups is 1. The maximum absolute atomic E-state index is 14.1. The number of hydrogen-bond donors (Lipinski definition) is 4. The first-order valence-electron chi connectivity index (χ1n) is 6.87. The van der Waals surface area contributed by atoms with Gasteiger partial charge >= 0.3 is 12.3 Å². The summed E-state index contributed by atoms with van der Waals surface area (Å²) in [5.74, 6) is -3.78. The second-order valence-corrected chi connectivity index (χ2v) is 5.10. The molecule has 0 aliphatic heterocycles. The molecule has 5 N–H and O–H groups in total. The quantitative estimate of drug-likeness (QED) is 0.468. The smallest absolute Gasteiger partial charge is 0.416 e. The molecule has 2 rings (SSSR count). The average molecular weight is 379 g/mol. The summed E-state index contributed by atoms with van der Waals surface area (Å²) in [5.41, 5.74) is 1.87. The molecule has 5 nitrogen and oxygen atoms in total. The number of hydrogen-bond acceptors (Lipinski definition) is 3. The maximum Gasteiger partial charge on any atom is 0.416 e. The molecule has 0 saturated carbocycles. The highest BCUT2D eigenvalue weighted by atomic mass is 19.4. The van der Waals surface area contributed by atoms with Gasteiger partial charge in [-0.3, -0.25) is 5.32 Å². The summed E-state index contributed by atoms with van der Waals surface area (Å²) in [5, 5.41) is 12.4. The molecule has 0 unspecified atom stereocenters. The summed E-state index contributed by atoms with van der Waals surface area (Å²) < 4.78 is 79.2. The minimum absolute atomic E-state index is 0.262. The third-order valence-electron chi connectivity index (χ3n) is 3.33. The van der Waals surface area contributed by atoms with Crippen molar-refractivity contribution >= 4 is 23.2 Å². The van der Waals surface area contributed by atoms with E-state index in [-0.39, 0.29) is 11.6 Å². The van der Waals surface area contributed by atoms with Gasteiger partial charge in [-0.25, -0.2) is 18.0 Å². The van der Waals surface area contributed by atoms with Crippen molar-refractivity contribution < 1.29 is 36.2 Å². The van der Waals surface area contributed by atoms with Crippen LogP contribution < -0.4 is 16.4 Å². The Bertz CT molecular complexity index is 854. The summed E-state index contributed by atoms with van der Waals surface area (Å²) >= 11 is 0. The van der Waals surface area contributed by atoms with Gasteiger partial charge in [0, 0.05) is 18.2 Å². The molecule has 0 aromatic heterocycles. The number of carboxylic acid groups (broad SMARTS) is 1. The van der Waals surface area contributed by atoms with Crippen LogP contribution in [0.15, 0.2) is 24.3 Å². The highest BCUT2D eigenvalue weighted by molar-refractivity contribution is 5.89. The summed E-state index contributed by atoms with van der Waals surface area (Å²) in [6.07, 6.45) is -6.32. The average Bonchev–Trinajstić information content (AvgIpc) is 2.52. The van der Waals surface area contributed by atoms with Crippen molar-refractivity contribution in [2.75, 3.05) is 16.4 Å². The van der Waals surface area contributed by atoms with Gasteiger partial charge in [-0.2, -0.15) is 13.2 Å². The topological polar surface area (TPSA) is 87.4 Å². The zero-order valence-corrected chi connectivity index (χ0v) is 12.7. The number of nitrogens with one attached hydrogen (secondary N) is 2. The van der Waals surface area contributed by atoms with E-state index < -0.39 is 58.9 Å². The molecule has 0 heterocycles. The molecule has 0 fully saturated rings. The lowest BCUT2D eigenvalue weighted by Gasteiger charge is -2.14. The minimum Gasteiger partial charge on any atom is -0.465 e. The van der Waals surface area contributed by atoms with Gasteiger partial charge in [0.25, 0.3) is 0 Å². The first kappa shape index (κ1) is 19.2. The minimum atomic E-state index is -4.73. The Morgan fingerprint density at radius 3 is 2.31 bits per heavy atom. The van der Waals surface area contributed by atoms with E-state index in [1.54, 1.807) is 5.32 Å². The third kappa shape index (κ3) is 4.10. The Morgan fingerprint density at radius 1 is 1.12 bits per heavy atom. The molecule has 140 valence electrons. The Hall–Kier alpha value is -3.11. The van der Waals surface area contributed by atoms with Crippen molar-refractivity contribution in [3.05, 3.63) is 52.8 Å². The lowest BCUT2D eigenvalue weighted by Crippen LogP contribution is -2.13. The molecule has 0 radical (unpaired) electrons. The molecule has 26 heavy (non-hydrogen) atoms. The number of anilines is 3. The van der Waals surface area contributed by atoms with Crippen molar-refractivity contribution in [1.82, 2.24) is 0 Å². The van der Waals surface area contributed by atoms with Crippen LogP contribution in [-0.2, 0) is 12.7 Å². The van der Waals surface area contributed by atoms with E-state index in [4.69, 9.17) is 10.8 Å². The monoisotopic (exact) mass is 379 g/mol. The molecule has 2 aromatic rings. The Balaban J connectivity index is 2.25. The Labute approximate surface area is 142 Å². The molecule has 0 aliphatic rings. The van der Waals surface area contributed by atoms with Crippen LogP contribution in [0.5, 0.6) is 0 Å². The maximum atomic E-state index is 14.1. The molecular weight excluding hydrogens is 368 g/mol. The molecular formula is C15H11F6N3O2. The lowest BCUT2D eigenvalue weighted by molar-refractivity contribution is -0.137. The van der Waals surface area contributed by atoms with Gasteiger partial charge in [0.1, 0.15) is 11.5 Å². The predicted octanol–water partition coefficient (Wildman–Crippen LogP) is 4.41. The summed E-state index contributed by atoms with van der Waals surface area (Å²) in [7, 11) is 0. The van der Waals surface area contributed by atoms with Gasteiger partial charge in [-0.15, -0.1) is 0 Å². The van der Waals surface area contributed by atoms with Gasteiger partial charge in [0.15, 0.2) is 11.6 Å². The zero-order chi connectivity index (χ0) is 19.6.